The van der Waals surface area contributed by atoms with E-state index >= 15 is 0 Å². The van der Waals surface area contributed by atoms with Crippen LogP contribution in [0.15, 0.2) is 9.98 Å². The van der Waals surface area contributed by atoms with Crippen LogP contribution in [0.1, 0.15) is 13.3 Å². The number of rotatable bonds is 5. The molecule has 0 aliphatic rings. The largest absolute Gasteiger partial charge is 0.298 e. The lowest BCUT2D eigenvalue weighted by Crippen LogP contribution is -2.25. The van der Waals surface area contributed by atoms with Crippen molar-refractivity contribution in [2.75, 3.05) is 20.6 Å². The molecule has 0 radical (unpaired) electrons. The number of aliphatic imine (C=N–C) groups is 2. The maximum atomic E-state index is 4.10. The lowest BCUT2D eigenvalue weighted by atomic mass is 10.3. The summed E-state index contributed by atoms with van der Waals surface area (Å²) in [7, 11) is 3.97. The topological polar surface area (TPSA) is 28.0 Å². The summed E-state index contributed by atoms with van der Waals surface area (Å²) in [6.45, 7) is 6.37. The van der Waals surface area contributed by atoms with Crippen molar-refractivity contribution in [3.63, 3.8) is 0 Å². The third kappa shape index (κ3) is 4.67. The van der Waals surface area contributed by atoms with E-state index < -0.39 is 0 Å². The third-order valence-electron chi connectivity index (χ3n) is 1.43. The fraction of sp³-hybridized carbons (Fsp3) is 0.750. The molecule has 3 nitrogen and oxygen atoms in total. The van der Waals surface area contributed by atoms with Crippen LogP contribution < -0.4 is 0 Å². The zero-order valence-electron chi connectivity index (χ0n) is 7.62. The summed E-state index contributed by atoms with van der Waals surface area (Å²) in [5.74, 6) is 0. The lowest BCUT2D eigenvalue weighted by Gasteiger charge is -2.17. The highest BCUT2D eigenvalue weighted by molar-refractivity contribution is 5.58. The van der Waals surface area contributed by atoms with E-state index in [1.165, 1.54) is 0 Å². The first-order valence-electron chi connectivity index (χ1n) is 3.83. The van der Waals surface area contributed by atoms with Crippen molar-refractivity contribution >= 4 is 12.9 Å². The van der Waals surface area contributed by atoms with Crippen LogP contribution in [-0.4, -0.2) is 44.6 Å². The lowest BCUT2D eigenvalue weighted by molar-refractivity contribution is 0.313. The predicted octanol–water partition coefficient (Wildman–Crippen LogP) is 1.06. The molecule has 0 saturated carbocycles. The van der Waals surface area contributed by atoms with Gasteiger partial charge < -0.3 is 0 Å². The second kappa shape index (κ2) is 6.04. The highest BCUT2D eigenvalue weighted by atomic mass is 15.2. The van der Waals surface area contributed by atoms with E-state index in [4.69, 9.17) is 0 Å². The van der Waals surface area contributed by atoms with Gasteiger partial charge in [0.15, 0.2) is 0 Å². The van der Waals surface area contributed by atoms with E-state index in [2.05, 4.69) is 16.7 Å². The van der Waals surface area contributed by atoms with E-state index in [1.807, 2.05) is 32.1 Å². The van der Waals surface area contributed by atoms with Crippen LogP contribution in [0.5, 0.6) is 0 Å². The molecule has 0 N–H and O–H groups in total. The first-order valence-corrected chi connectivity index (χ1v) is 3.83. The first kappa shape index (κ1) is 10.3. The van der Waals surface area contributed by atoms with Gasteiger partial charge in [0.1, 0.15) is 6.17 Å². The molecule has 0 aliphatic heterocycles. The Labute approximate surface area is 68.8 Å². The number of hydrogen-bond donors (Lipinski definition) is 0. The fourth-order valence-corrected chi connectivity index (χ4v) is 0.747. The van der Waals surface area contributed by atoms with Crippen molar-refractivity contribution in [1.29, 1.82) is 0 Å². The molecule has 0 bridgehead atoms. The van der Waals surface area contributed by atoms with Crippen LogP contribution in [0.3, 0.4) is 0 Å². The standard InChI is InChI=1S/C8H17N3/c1-5-10-7-6-8(9-2)11(3)4/h7-8H,2,5-6H2,1,3-4H3. The van der Waals surface area contributed by atoms with Crippen LogP contribution >= 0.6 is 0 Å². The summed E-state index contributed by atoms with van der Waals surface area (Å²) in [6, 6.07) is 0. The Balaban J connectivity index is 3.69. The Morgan fingerprint density at radius 2 is 2.18 bits per heavy atom. The van der Waals surface area contributed by atoms with Gasteiger partial charge in [-0.25, -0.2) is 0 Å². The quantitative estimate of drug-likeness (QED) is 0.545. The zero-order valence-corrected chi connectivity index (χ0v) is 7.62. The third-order valence-corrected chi connectivity index (χ3v) is 1.43. The van der Waals surface area contributed by atoms with Crippen molar-refractivity contribution in [2.45, 2.75) is 19.5 Å². The van der Waals surface area contributed by atoms with Crippen LogP contribution in [0.25, 0.3) is 0 Å². The zero-order chi connectivity index (χ0) is 8.69. The van der Waals surface area contributed by atoms with Crippen molar-refractivity contribution in [1.82, 2.24) is 4.90 Å². The Kier molecular flexibility index (Phi) is 5.65. The predicted molar refractivity (Wildman–Crippen MR) is 50.7 cm³/mol. The minimum atomic E-state index is 0.172. The van der Waals surface area contributed by atoms with Crippen LogP contribution in [0.4, 0.5) is 0 Å². The van der Waals surface area contributed by atoms with Gasteiger partial charge in [0.05, 0.1) is 0 Å². The Bertz CT molecular complexity index is 129. The smallest absolute Gasteiger partial charge is 0.106 e. The van der Waals surface area contributed by atoms with Gasteiger partial charge in [-0.2, -0.15) is 0 Å². The highest BCUT2D eigenvalue weighted by Crippen LogP contribution is 1.97. The van der Waals surface area contributed by atoms with Gasteiger partial charge in [-0.15, -0.1) is 0 Å². The van der Waals surface area contributed by atoms with Gasteiger partial charge in [-0.1, -0.05) is 0 Å². The van der Waals surface area contributed by atoms with Crippen molar-refractivity contribution in [3.8, 4) is 0 Å². The molecule has 1 atom stereocenters. The summed E-state index contributed by atoms with van der Waals surface area (Å²) in [4.78, 5) is 10.1. The van der Waals surface area contributed by atoms with Crippen LogP contribution in [0, 0.1) is 0 Å². The molecular formula is C8H17N3. The van der Waals surface area contributed by atoms with E-state index in [0.29, 0.717) is 0 Å². The maximum Gasteiger partial charge on any atom is 0.106 e. The van der Waals surface area contributed by atoms with E-state index in [0.717, 1.165) is 13.0 Å². The normalized spacial score (nSPS) is 14.2. The van der Waals surface area contributed by atoms with Gasteiger partial charge in [0.25, 0.3) is 0 Å². The molecule has 0 aromatic heterocycles. The van der Waals surface area contributed by atoms with E-state index in [-0.39, 0.29) is 6.17 Å². The minimum absolute atomic E-state index is 0.172. The summed E-state index contributed by atoms with van der Waals surface area (Å²) in [5.41, 5.74) is 0. The molecule has 0 rings (SSSR count). The molecule has 0 spiro atoms. The molecule has 0 aromatic carbocycles. The van der Waals surface area contributed by atoms with E-state index in [9.17, 15) is 0 Å². The molecule has 0 fully saturated rings. The monoisotopic (exact) mass is 155 g/mol. The number of hydrogen-bond acceptors (Lipinski definition) is 3. The Morgan fingerprint density at radius 3 is 2.55 bits per heavy atom. The second-order valence-corrected chi connectivity index (χ2v) is 2.54. The van der Waals surface area contributed by atoms with Crippen molar-refractivity contribution < 1.29 is 0 Å². The second-order valence-electron chi connectivity index (χ2n) is 2.54. The molecule has 0 aromatic rings. The van der Waals surface area contributed by atoms with Gasteiger partial charge in [-0.05, 0) is 27.7 Å². The summed E-state index contributed by atoms with van der Waals surface area (Å²) in [5, 5.41) is 0. The van der Waals surface area contributed by atoms with Crippen LogP contribution in [-0.2, 0) is 0 Å². The molecule has 64 valence electrons. The minimum Gasteiger partial charge on any atom is -0.298 e. The summed E-state index contributed by atoms with van der Waals surface area (Å²) in [6.07, 6.45) is 2.93. The van der Waals surface area contributed by atoms with Crippen molar-refractivity contribution in [2.24, 2.45) is 9.98 Å². The molecule has 0 heterocycles. The fourth-order valence-electron chi connectivity index (χ4n) is 0.747. The SMILES string of the molecule is C=NC(CC=NCC)N(C)C. The molecule has 11 heavy (non-hydrogen) atoms. The van der Waals surface area contributed by atoms with Gasteiger partial charge in [0, 0.05) is 19.2 Å². The van der Waals surface area contributed by atoms with Gasteiger partial charge >= 0.3 is 0 Å². The molecule has 3 heteroatoms. The average molecular weight is 155 g/mol. The summed E-state index contributed by atoms with van der Waals surface area (Å²) < 4.78 is 0. The van der Waals surface area contributed by atoms with E-state index in [1.54, 1.807) is 0 Å². The molecule has 0 saturated heterocycles. The van der Waals surface area contributed by atoms with Crippen LogP contribution in [0.2, 0.25) is 0 Å². The average Bonchev–Trinajstić information content (AvgIpc) is 1.97. The van der Waals surface area contributed by atoms with Crippen molar-refractivity contribution in [3.05, 3.63) is 0 Å². The maximum absolute atomic E-state index is 4.10. The van der Waals surface area contributed by atoms with Gasteiger partial charge in [-0.3, -0.25) is 14.9 Å². The Hall–Kier alpha value is -0.700. The van der Waals surface area contributed by atoms with Gasteiger partial charge in [0.2, 0.25) is 0 Å². The molecule has 0 aliphatic carbocycles. The molecule has 0 amide bonds. The first-order chi connectivity index (χ1) is 5.22. The molecular weight excluding hydrogens is 138 g/mol. The number of nitrogens with zero attached hydrogens (tertiary/aromatic N) is 3. The highest BCUT2D eigenvalue weighted by Gasteiger charge is 2.04. The summed E-state index contributed by atoms with van der Waals surface area (Å²) >= 11 is 0. The molecule has 1 unspecified atom stereocenters. The Morgan fingerprint density at radius 1 is 1.55 bits per heavy atom.